The third kappa shape index (κ3) is 4.23. The quantitative estimate of drug-likeness (QED) is 0.437. The van der Waals surface area contributed by atoms with Gasteiger partial charge < -0.3 is 14.2 Å². The van der Waals surface area contributed by atoms with Gasteiger partial charge in [0.05, 0.1) is 6.42 Å². The lowest BCUT2D eigenvalue weighted by molar-refractivity contribution is 0.0984. The molecule has 4 rings (SSSR count). The highest BCUT2D eigenvalue weighted by molar-refractivity contribution is 7.10. The van der Waals surface area contributed by atoms with Crippen molar-refractivity contribution in [2.75, 3.05) is 5.32 Å². The predicted octanol–water partition coefficient (Wildman–Crippen LogP) is 5.05. The van der Waals surface area contributed by atoms with E-state index in [9.17, 15) is 9.59 Å². The van der Waals surface area contributed by atoms with Crippen molar-refractivity contribution in [2.45, 2.75) is 27.2 Å². The topological polar surface area (TPSA) is 98.2 Å². The number of carbonyl (C=O) groups is 2. The summed E-state index contributed by atoms with van der Waals surface area (Å²) in [6.45, 7) is 5.13. The summed E-state index contributed by atoms with van der Waals surface area (Å²) in [5.74, 6) is 1.71. The Balaban J connectivity index is 1.50. The Morgan fingerprint density at radius 2 is 1.93 bits per heavy atom. The molecule has 8 heteroatoms. The molecule has 0 radical (unpaired) electrons. The van der Waals surface area contributed by atoms with E-state index in [1.807, 2.05) is 31.2 Å². The highest BCUT2D eigenvalue weighted by atomic mass is 32.1. The molecule has 7 nitrogen and oxygen atoms in total. The number of rotatable bonds is 6. The number of furan rings is 1. The Morgan fingerprint density at radius 3 is 2.67 bits per heavy atom. The van der Waals surface area contributed by atoms with Gasteiger partial charge in [-0.15, -0.1) is 11.3 Å². The van der Waals surface area contributed by atoms with Crippen LogP contribution < -0.4 is 5.32 Å². The first kappa shape index (κ1) is 19.8. The van der Waals surface area contributed by atoms with Gasteiger partial charge in [0, 0.05) is 24.8 Å². The van der Waals surface area contributed by atoms with Gasteiger partial charge in [-0.2, -0.15) is 0 Å². The second kappa shape index (κ2) is 8.08. The summed E-state index contributed by atoms with van der Waals surface area (Å²) in [5, 5.41) is 5.29. The van der Waals surface area contributed by atoms with Crippen LogP contribution in [0.2, 0.25) is 0 Å². The van der Waals surface area contributed by atoms with Gasteiger partial charge in [-0.3, -0.25) is 9.59 Å². The summed E-state index contributed by atoms with van der Waals surface area (Å²) in [7, 11) is 0. The zero-order valence-corrected chi connectivity index (χ0v) is 17.5. The molecule has 0 bridgehead atoms. The Bertz CT molecular complexity index is 1230. The number of aryl methyl sites for hydroxylation is 2. The van der Waals surface area contributed by atoms with Crippen molar-refractivity contribution in [3.05, 3.63) is 75.5 Å². The normalized spacial score (nSPS) is 10.9. The number of nitrogens with zero attached hydrogens (tertiary/aromatic N) is 2. The number of hydrogen-bond acceptors (Lipinski definition) is 7. The van der Waals surface area contributed by atoms with Crippen LogP contribution in [0.4, 0.5) is 5.82 Å². The fraction of sp³-hybridized carbons (Fsp3) is 0.182. The largest absolute Gasteiger partial charge is 0.458 e. The summed E-state index contributed by atoms with van der Waals surface area (Å²) in [4.78, 5) is 32.9. The fourth-order valence-electron chi connectivity index (χ4n) is 3.00. The van der Waals surface area contributed by atoms with Gasteiger partial charge in [0.25, 0.3) is 5.91 Å². The van der Waals surface area contributed by atoms with E-state index in [1.54, 1.807) is 24.4 Å². The number of amides is 1. The second-order valence-electron chi connectivity index (χ2n) is 6.86. The average Bonchev–Trinajstić information content (AvgIpc) is 3.42. The van der Waals surface area contributed by atoms with Crippen LogP contribution in [0.15, 0.2) is 50.6 Å². The lowest BCUT2D eigenvalue weighted by Crippen LogP contribution is -2.14. The van der Waals surface area contributed by atoms with Crippen LogP contribution in [0.5, 0.6) is 0 Å². The van der Waals surface area contributed by atoms with Gasteiger partial charge in [-0.1, -0.05) is 23.8 Å². The molecule has 3 aromatic heterocycles. The van der Waals surface area contributed by atoms with Gasteiger partial charge in [-0.05, 0) is 25.1 Å². The molecule has 0 fully saturated rings. The maximum atomic E-state index is 12.8. The van der Waals surface area contributed by atoms with E-state index in [-0.39, 0.29) is 11.5 Å². The van der Waals surface area contributed by atoms with Gasteiger partial charge in [0.15, 0.2) is 28.9 Å². The highest BCUT2D eigenvalue weighted by Gasteiger charge is 2.21. The molecule has 0 aliphatic heterocycles. The molecule has 1 N–H and O–H groups in total. The van der Waals surface area contributed by atoms with Crippen LogP contribution in [-0.4, -0.2) is 21.7 Å². The minimum atomic E-state index is -0.392. The SMILES string of the molecule is CC(=O)c1ccc(Cc2nc(NC(=O)c3nc(C)oc3-c3cccc(C)c3)cs2)o1. The standard InChI is InChI=1S/C22H19N3O4S/c1-12-5-4-6-15(9-12)21-20(23-14(3)28-21)22(27)25-18-11-30-19(24-18)10-16-7-8-17(29-16)13(2)26/h4-9,11H,10H2,1-3H3,(H,25,27). The lowest BCUT2D eigenvalue weighted by atomic mass is 10.1. The first-order chi connectivity index (χ1) is 14.4. The third-order valence-electron chi connectivity index (χ3n) is 4.36. The average molecular weight is 421 g/mol. The van der Waals surface area contributed by atoms with Crippen molar-refractivity contribution in [3.63, 3.8) is 0 Å². The Hall–Kier alpha value is -3.52. The minimum Gasteiger partial charge on any atom is -0.458 e. The summed E-state index contributed by atoms with van der Waals surface area (Å²) >= 11 is 1.39. The zero-order chi connectivity index (χ0) is 21.3. The number of oxazole rings is 1. The van der Waals surface area contributed by atoms with Gasteiger partial charge in [-0.25, -0.2) is 9.97 Å². The summed E-state index contributed by atoms with van der Waals surface area (Å²) in [6.07, 6.45) is 0.436. The summed E-state index contributed by atoms with van der Waals surface area (Å²) < 4.78 is 11.2. The van der Waals surface area contributed by atoms with Crippen molar-refractivity contribution < 1.29 is 18.4 Å². The Kier molecular flexibility index (Phi) is 5.33. The number of Topliss-reactive ketones (excluding diaryl/α,β-unsaturated/α-hetero) is 1. The van der Waals surface area contributed by atoms with Crippen LogP contribution in [0, 0.1) is 13.8 Å². The monoisotopic (exact) mass is 421 g/mol. The van der Waals surface area contributed by atoms with E-state index in [0.29, 0.717) is 35.4 Å². The maximum absolute atomic E-state index is 12.8. The molecule has 0 unspecified atom stereocenters. The molecule has 0 aliphatic carbocycles. The molecule has 1 amide bonds. The first-order valence-electron chi connectivity index (χ1n) is 9.29. The number of aromatic nitrogens is 2. The third-order valence-corrected chi connectivity index (χ3v) is 5.21. The van der Waals surface area contributed by atoms with E-state index >= 15 is 0 Å². The van der Waals surface area contributed by atoms with E-state index in [0.717, 1.165) is 16.1 Å². The number of carbonyl (C=O) groups excluding carboxylic acids is 2. The predicted molar refractivity (Wildman–Crippen MR) is 113 cm³/mol. The number of benzene rings is 1. The van der Waals surface area contributed by atoms with E-state index < -0.39 is 5.91 Å². The van der Waals surface area contributed by atoms with Crippen LogP contribution in [0.1, 0.15) is 50.2 Å². The molecular formula is C22H19N3O4S. The summed E-state index contributed by atoms with van der Waals surface area (Å²) in [5.41, 5.74) is 2.06. The van der Waals surface area contributed by atoms with Crippen molar-refractivity contribution in [3.8, 4) is 11.3 Å². The number of thiazole rings is 1. The number of nitrogens with one attached hydrogen (secondary N) is 1. The van der Waals surface area contributed by atoms with Gasteiger partial charge >= 0.3 is 0 Å². The zero-order valence-electron chi connectivity index (χ0n) is 16.7. The molecule has 0 saturated heterocycles. The van der Waals surface area contributed by atoms with Crippen LogP contribution >= 0.6 is 11.3 Å². The van der Waals surface area contributed by atoms with Crippen LogP contribution in [0.3, 0.4) is 0 Å². The molecule has 1 aromatic carbocycles. The van der Waals surface area contributed by atoms with Crippen molar-refractivity contribution >= 4 is 28.8 Å². The molecule has 0 spiro atoms. The maximum Gasteiger partial charge on any atom is 0.279 e. The van der Waals surface area contributed by atoms with Crippen molar-refractivity contribution in [1.29, 1.82) is 0 Å². The lowest BCUT2D eigenvalue weighted by Gasteiger charge is -2.03. The minimum absolute atomic E-state index is 0.124. The molecule has 152 valence electrons. The van der Waals surface area contributed by atoms with Crippen molar-refractivity contribution in [1.82, 2.24) is 9.97 Å². The number of ketones is 1. The van der Waals surface area contributed by atoms with Crippen LogP contribution in [0.25, 0.3) is 11.3 Å². The molecule has 0 aliphatic rings. The second-order valence-corrected chi connectivity index (χ2v) is 7.80. The fourth-order valence-corrected chi connectivity index (χ4v) is 3.74. The smallest absolute Gasteiger partial charge is 0.279 e. The van der Waals surface area contributed by atoms with E-state index in [4.69, 9.17) is 8.83 Å². The van der Waals surface area contributed by atoms with Crippen molar-refractivity contribution in [2.24, 2.45) is 0 Å². The molecule has 30 heavy (non-hydrogen) atoms. The Labute approximate surface area is 176 Å². The number of hydrogen-bond donors (Lipinski definition) is 1. The van der Waals surface area contributed by atoms with Crippen LogP contribution in [-0.2, 0) is 6.42 Å². The molecular weight excluding hydrogens is 402 g/mol. The molecule has 0 atom stereocenters. The van der Waals surface area contributed by atoms with Gasteiger partial charge in [0.1, 0.15) is 16.6 Å². The summed E-state index contributed by atoms with van der Waals surface area (Å²) in [6, 6.07) is 11.1. The Morgan fingerprint density at radius 1 is 1.10 bits per heavy atom. The molecule has 3 heterocycles. The number of anilines is 1. The molecule has 0 saturated carbocycles. The van der Waals surface area contributed by atoms with E-state index in [1.165, 1.54) is 18.3 Å². The van der Waals surface area contributed by atoms with Gasteiger partial charge in [0.2, 0.25) is 0 Å². The first-order valence-corrected chi connectivity index (χ1v) is 10.2. The highest BCUT2D eigenvalue weighted by Crippen LogP contribution is 2.27. The molecule has 4 aromatic rings. The van der Waals surface area contributed by atoms with E-state index in [2.05, 4.69) is 15.3 Å².